The summed E-state index contributed by atoms with van der Waals surface area (Å²) < 4.78 is 34.2. The van der Waals surface area contributed by atoms with E-state index in [2.05, 4.69) is 0 Å². The van der Waals surface area contributed by atoms with Gasteiger partial charge in [-0.15, -0.1) is 11.3 Å². The molecule has 1 amide bonds. The third-order valence-corrected chi connectivity index (χ3v) is 7.75. The molecule has 2 aromatic heterocycles. The van der Waals surface area contributed by atoms with Gasteiger partial charge in [0.15, 0.2) is 5.58 Å². The van der Waals surface area contributed by atoms with Gasteiger partial charge in [-0.1, -0.05) is 6.07 Å². The van der Waals surface area contributed by atoms with Gasteiger partial charge in [-0.25, -0.2) is 13.2 Å². The molecule has 1 aromatic carbocycles. The minimum Gasteiger partial charge on any atom is -0.408 e. The van der Waals surface area contributed by atoms with E-state index in [1.54, 1.807) is 17.0 Å². The van der Waals surface area contributed by atoms with Crippen molar-refractivity contribution in [2.75, 3.05) is 26.2 Å². The Bertz CT molecular complexity index is 1200. The van der Waals surface area contributed by atoms with Crippen molar-refractivity contribution in [2.24, 2.45) is 0 Å². The van der Waals surface area contributed by atoms with E-state index in [0.29, 0.717) is 23.5 Å². The second kappa shape index (κ2) is 7.43. The summed E-state index contributed by atoms with van der Waals surface area (Å²) in [4.78, 5) is 26.9. The van der Waals surface area contributed by atoms with Crippen LogP contribution in [0.4, 0.5) is 0 Å². The molecule has 0 radical (unpaired) electrons. The van der Waals surface area contributed by atoms with E-state index in [4.69, 9.17) is 4.42 Å². The predicted molar refractivity (Wildman–Crippen MR) is 110 cm³/mol. The number of piperazine rings is 1. The molecule has 1 saturated heterocycles. The lowest BCUT2D eigenvalue weighted by atomic mass is 10.3. The lowest BCUT2D eigenvalue weighted by Gasteiger charge is -2.33. The number of hydrogen-bond acceptors (Lipinski definition) is 6. The molecular weight excluding hydrogens is 414 g/mol. The van der Waals surface area contributed by atoms with Crippen molar-refractivity contribution in [1.82, 2.24) is 13.8 Å². The minimum absolute atomic E-state index is 0.0738. The molecule has 29 heavy (non-hydrogen) atoms. The van der Waals surface area contributed by atoms with Gasteiger partial charge in [0, 0.05) is 38.3 Å². The zero-order valence-corrected chi connectivity index (χ0v) is 17.7. The largest absolute Gasteiger partial charge is 0.420 e. The highest BCUT2D eigenvalue weighted by atomic mass is 32.2. The molecule has 0 bridgehead atoms. The lowest BCUT2D eigenvalue weighted by molar-refractivity contribution is 0.0703. The second-order valence-electron chi connectivity index (χ2n) is 7.13. The highest BCUT2D eigenvalue weighted by Crippen LogP contribution is 2.24. The van der Waals surface area contributed by atoms with Gasteiger partial charge in [-0.05, 0) is 37.4 Å². The third-order valence-electron chi connectivity index (χ3n) is 5.00. The average molecular weight is 436 g/mol. The zero-order valence-electron chi connectivity index (χ0n) is 16.1. The van der Waals surface area contributed by atoms with Crippen LogP contribution in [0.2, 0.25) is 0 Å². The van der Waals surface area contributed by atoms with Crippen molar-refractivity contribution in [1.29, 1.82) is 0 Å². The maximum absolute atomic E-state index is 13.1. The topological polar surface area (TPSA) is 92.8 Å². The van der Waals surface area contributed by atoms with Crippen LogP contribution in [0.15, 0.2) is 49.8 Å². The molecule has 8 nitrogen and oxygen atoms in total. The number of rotatable bonds is 4. The molecule has 1 aliphatic rings. The van der Waals surface area contributed by atoms with Crippen LogP contribution in [-0.2, 0) is 10.0 Å². The van der Waals surface area contributed by atoms with Gasteiger partial charge in [0.25, 0.3) is 5.91 Å². The lowest BCUT2D eigenvalue weighted by Crippen LogP contribution is -2.50. The first-order valence-electron chi connectivity index (χ1n) is 9.27. The fourth-order valence-electron chi connectivity index (χ4n) is 3.50. The van der Waals surface area contributed by atoms with Crippen molar-refractivity contribution in [3.8, 4) is 0 Å². The van der Waals surface area contributed by atoms with Crippen LogP contribution >= 0.6 is 11.3 Å². The molecule has 0 atom stereocenters. The first-order chi connectivity index (χ1) is 13.8. The molecule has 3 heterocycles. The predicted octanol–water partition coefficient (Wildman–Crippen LogP) is 2.38. The summed E-state index contributed by atoms with van der Waals surface area (Å²) in [6.45, 7) is 4.81. The number of benzene rings is 1. The van der Waals surface area contributed by atoms with Gasteiger partial charge in [0.2, 0.25) is 10.0 Å². The fourth-order valence-corrected chi connectivity index (χ4v) is 5.63. The summed E-state index contributed by atoms with van der Waals surface area (Å²) in [7, 11) is -3.75. The third kappa shape index (κ3) is 3.52. The van der Waals surface area contributed by atoms with E-state index in [9.17, 15) is 18.0 Å². The van der Waals surface area contributed by atoms with E-state index in [1.165, 1.54) is 32.3 Å². The maximum Gasteiger partial charge on any atom is 0.420 e. The maximum atomic E-state index is 13.1. The number of sulfonamides is 1. The smallest absolute Gasteiger partial charge is 0.408 e. The summed E-state index contributed by atoms with van der Waals surface area (Å²) in [5.41, 5.74) is 0.812. The molecule has 1 aliphatic heterocycles. The monoisotopic (exact) mass is 435 g/mol. The van der Waals surface area contributed by atoms with Gasteiger partial charge in [0.05, 0.1) is 15.3 Å². The molecule has 0 spiro atoms. The van der Waals surface area contributed by atoms with Crippen molar-refractivity contribution >= 4 is 38.4 Å². The highest BCUT2D eigenvalue weighted by molar-refractivity contribution is 7.89. The number of thiophene rings is 1. The Kier molecular flexibility index (Phi) is 5.09. The van der Waals surface area contributed by atoms with Crippen LogP contribution < -0.4 is 5.76 Å². The summed E-state index contributed by atoms with van der Waals surface area (Å²) >= 11 is 1.37. The normalized spacial score (nSPS) is 16.0. The Balaban J connectivity index is 1.55. The summed E-state index contributed by atoms with van der Waals surface area (Å²) in [5.74, 6) is -0.583. The van der Waals surface area contributed by atoms with Crippen LogP contribution in [0.25, 0.3) is 11.1 Å². The molecule has 0 aliphatic carbocycles. The number of hydrogen-bond donors (Lipinski definition) is 0. The van der Waals surface area contributed by atoms with Crippen LogP contribution in [0.3, 0.4) is 0 Å². The van der Waals surface area contributed by atoms with Crippen LogP contribution in [-0.4, -0.2) is 54.3 Å². The summed E-state index contributed by atoms with van der Waals surface area (Å²) in [6.07, 6.45) is 0. The first kappa shape index (κ1) is 19.9. The molecule has 10 heteroatoms. The number of aromatic nitrogens is 1. The number of nitrogens with zero attached hydrogens (tertiary/aromatic N) is 3. The van der Waals surface area contributed by atoms with E-state index >= 15 is 0 Å². The minimum atomic E-state index is -3.75. The van der Waals surface area contributed by atoms with Crippen molar-refractivity contribution in [2.45, 2.75) is 24.8 Å². The first-order valence-corrected chi connectivity index (χ1v) is 11.6. The van der Waals surface area contributed by atoms with E-state index in [-0.39, 0.29) is 35.5 Å². The van der Waals surface area contributed by atoms with E-state index < -0.39 is 15.8 Å². The Morgan fingerprint density at radius 3 is 2.48 bits per heavy atom. The van der Waals surface area contributed by atoms with Gasteiger partial charge < -0.3 is 9.32 Å². The quantitative estimate of drug-likeness (QED) is 0.627. The number of amides is 1. The molecular formula is C19H21N3O5S2. The number of carbonyl (C=O) groups is 1. The Morgan fingerprint density at radius 1 is 1.14 bits per heavy atom. The van der Waals surface area contributed by atoms with Gasteiger partial charge in [-0.3, -0.25) is 9.36 Å². The fraction of sp³-hybridized carbons (Fsp3) is 0.368. The molecule has 0 N–H and O–H groups in total. The van der Waals surface area contributed by atoms with E-state index in [0.717, 1.165) is 0 Å². The van der Waals surface area contributed by atoms with Crippen molar-refractivity contribution in [3.05, 3.63) is 51.1 Å². The highest BCUT2D eigenvalue weighted by Gasteiger charge is 2.31. The average Bonchev–Trinajstić information content (AvgIpc) is 3.33. The molecule has 4 rings (SSSR count). The zero-order chi connectivity index (χ0) is 20.8. The second-order valence-corrected chi connectivity index (χ2v) is 10.0. The number of fused-ring (bicyclic) bond motifs is 1. The summed E-state index contributed by atoms with van der Waals surface area (Å²) in [5, 5.41) is 1.84. The molecule has 0 saturated carbocycles. The Hall–Kier alpha value is -2.43. The standard InChI is InChI=1S/C19H21N3O5S2/c1-13(2)22-15-6-5-14(12-16(15)27-19(22)24)29(25,26)21-9-7-20(8-10-21)18(23)17-4-3-11-28-17/h3-6,11-13H,7-10H2,1-2H3. The number of oxazole rings is 1. The van der Waals surface area contributed by atoms with Crippen molar-refractivity contribution < 1.29 is 17.6 Å². The van der Waals surface area contributed by atoms with Crippen molar-refractivity contribution in [3.63, 3.8) is 0 Å². The molecule has 1 fully saturated rings. The van der Waals surface area contributed by atoms with Crippen LogP contribution in [0, 0.1) is 0 Å². The SMILES string of the molecule is CC(C)n1c(=O)oc2cc(S(=O)(=O)N3CCN(C(=O)c4cccs4)CC3)ccc21. The van der Waals surface area contributed by atoms with Gasteiger partial charge >= 0.3 is 5.76 Å². The van der Waals surface area contributed by atoms with Gasteiger partial charge in [-0.2, -0.15) is 4.31 Å². The number of carbonyl (C=O) groups excluding carboxylic acids is 1. The molecule has 3 aromatic rings. The Morgan fingerprint density at radius 2 is 1.86 bits per heavy atom. The molecule has 154 valence electrons. The van der Waals surface area contributed by atoms with Gasteiger partial charge in [0.1, 0.15) is 0 Å². The summed E-state index contributed by atoms with van der Waals surface area (Å²) in [6, 6.07) is 7.98. The van der Waals surface area contributed by atoms with E-state index in [1.807, 2.05) is 25.3 Å². The molecule has 0 unspecified atom stereocenters. The van der Waals surface area contributed by atoms with Crippen LogP contribution in [0.5, 0.6) is 0 Å². The van der Waals surface area contributed by atoms with Crippen LogP contribution in [0.1, 0.15) is 29.6 Å². The Labute approximate surface area is 172 Å².